The van der Waals surface area contributed by atoms with E-state index in [9.17, 15) is 4.79 Å². The van der Waals surface area contributed by atoms with Crippen LogP contribution >= 0.6 is 11.3 Å². The van der Waals surface area contributed by atoms with Crippen LogP contribution in [0.1, 0.15) is 16.9 Å². The molecule has 0 radical (unpaired) electrons. The maximum Gasteiger partial charge on any atom is 0.273 e. The van der Waals surface area contributed by atoms with Crippen LogP contribution in [0.25, 0.3) is 21.1 Å². The van der Waals surface area contributed by atoms with Gasteiger partial charge in [0, 0.05) is 30.3 Å². The molecule has 3 heterocycles. The normalized spacial score (nSPS) is 10.2. The van der Waals surface area contributed by atoms with Gasteiger partial charge in [0.05, 0.1) is 4.88 Å². The van der Waals surface area contributed by atoms with Crippen molar-refractivity contribution in [2.24, 2.45) is 5.11 Å². The first kappa shape index (κ1) is 17.4. The SMILES string of the molecule is [N-]=[N+]=Nc1nccc(NCCCNC(=O)c2cc(-c3cccs3)on2)n1. The zero-order chi connectivity index (χ0) is 18.2. The van der Waals surface area contributed by atoms with E-state index < -0.39 is 0 Å². The second kappa shape index (κ2) is 8.60. The summed E-state index contributed by atoms with van der Waals surface area (Å²) in [6, 6.07) is 7.09. The summed E-state index contributed by atoms with van der Waals surface area (Å²) in [5.41, 5.74) is 8.61. The van der Waals surface area contributed by atoms with Gasteiger partial charge < -0.3 is 15.2 Å². The van der Waals surface area contributed by atoms with Crippen LogP contribution in [-0.4, -0.2) is 34.1 Å². The molecule has 11 heteroatoms. The number of nitrogens with zero attached hydrogens (tertiary/aromatic N) is 6. The van der Waals surface area contributed by atoms with E-state index in [2.05, 4.69) is 35.8 Å². The van der Waals surface area contributed by atoms with E-state index >= 15 is 0 Å². The minimum absolute atomic E-state index is 0.0541. The highest BCUT2D eigenvalue weighted by Gasteiger charge is 2.13. The average molecular weight is 370 g/mol. The molecule has 0 aliphatic carbocycles. The van der Waals surface area contributed by atoms with Gasteiger partial charge in [-0.1, -0.05) is 11.2 Å². The smallest absolute Gasteiger partial charge is 0.273 e. The predicted octanol–water partition coefficient (Wildman–Crippen LogP) is 3.37. The van der Waals surface area contributed by atoms with Gasteiger partial charge in [0.15, 0.2) is 11.5 Å². The fraction of sp³-hybridized carbons (Fsp3) is 0.200. The van der Waals surface area contributed by atoms with E-state index in [-0.39, 0.29) is 17.5 Å². The summed E-state index contributed by atoms with van der Waals surface area (Å²) in [5.74, 6) is 0.889. The second-order valence-electron chi connectivity index (χ2n) is 5.02. The highest BCUT2D eigenvalue weighted by molar-refractivity contribution is 7.13. The first-order valence-corrected chi connectivity index (χ1v) is 8.55. The molecule has 2 N–H and O–H groups in total. The number of aromatic nitrogens is 3. The average Bonchev–Trinajstić information content (AvgIpc) is 3.33. The summed E-state index contributed by atoms with van der Waals surface area (Å²) in [5, 5.41) is 14.9. The molecule has 1 amide bonds. The van der Waals surface area contributed by atoms with Gasteiger partial charge >= 0.3 is 0 Å². The molecule has 0 aliphatic heterocycles. The van der Waals surface area contributed by atoms with Gasteiger partial charge in [-0.3, -0.25) is 4.79 Å². The zero-order valence-electron chi connectivity index (χ0n) is 13.5. The second-order valence-corrected chi connectivity index (χ2v) is 5.97. The number of anilines is 1. The molecule has 26 heavy (non-hydrogen) atoms. The Hall–Kier alpha value is -3.43. The third kappa shape index (κ3) is 4.56. The summed E-state index contributed by atoms with van der Waals surface area (Å²) < 4.78 is 5.19. The lowest BCUT2D eigenvalue weighted by Crippen LogP contribution is -2.26. The Morgan fingerprint density at radius 2 is 2.31 bits per heavy atom. The highest BCUT2D eigenvalue weighted by Crippen LogP contribution is 2.24. The van der Waals surface area contributed by atoms with Crippen LogP contribution in [0.4, 0.5) is 11.8 Å². The minimum Gasteiger partial charge on any atom is -0.370 e. The van der Waals surface area contributed by atoms with E-state index in [4.69, 9.17) is 10.1 Å². The highest BCUT2D eigenvalue weighted by atomic mass is 32.1. The third-order valence-electron chi connectivity index (χ3n) is 3.23. The molecule has 3 aromatic rings. The van der Waals surface area contributed by atoms with Crippen LogP contribution in [0.5, 0.6) is 0 Å². The van der Waals surface area contributed by atoms with Crippen molar-refractivity contribution in [1.82, 2.24) is 20.4 Å². The first-order chi connectivity index (χ1) is 12.8. The Kier molecular flexibility index (Phi) is 5.76. The van der Waals surface area contributed by atoms with Crippen molar-refractivity contribution in [3.63, 3.8) is 0 Å². The Morgan fingerprint density at radius 1 is 1.38 bits per heavy atom. The quantitative estimate of drug-likeness (QED) is 0.269. The van der Waals surface area contributed by atoms with Crippen LogP contribution in [-0.2, 0) is 0 Å². The lowest BCUT2D eigenvalue weighted by molar-refractivity contribution is 0.0944. The summed E-state index contributed by atoms with van der Waals surface area (Å²) in [6.45, 7) is 1.04. The summed E-state index contributed by atoms with van der Waals surface area (Å²) in [6.07, 6.45) is 2.17. The number of carbonyl (C=O) groups is 1. The molecule has 0 aliphatic rings. The molecule has 10 nitrogen and oxygen atoms in total. The van der Waals surface area contributed by atoms with E-state index in [1.807, 2.05) is 17.5 Å². The van der Waals surface area contributed by atoms with Gasteiger partial charge in [0.1, 0.15) is 5.82 Å². The summed E-state index contributed by atoms with van der Waals surface area (Å²) >= 11 is 1.52. The minimum atomic E-state index is -0.288. The van der Waals surface area contributed by atoms with Crippen molar-refractivity contribution in [3.05, 3.63) is 52.0 Å². The molecule has 3 rings (SSSR count). The molecule has 0 saturated heterocycles. The number of hydrogen-bond donors (Lipinski definition) is 2. The molecule has 0 saturated carbocycles. The molecule has 0 unspecified atom stereocenters. The molecule has 0 spiro atoms. The van der Waals surface area contributed by atoms with Gasteiger partial charge in [-0.15, -0.1) is 11.3 Å². The van der Waals surface area contributed by atoms with Crippen LogP contribution < -0.4 is 10.6 Å². The molecule has 0 bridgehead atoms. The molecular weight excluding hydrogens is 356 g/mol. The fourth-order valence-corrected chi connectivity index (χ4v) is 2.72. The van der Waals surface area contributed by atoms with Crippen molar-refractivity contribution >= 4 is 29.0 Å². The first-order valence-electron chi connectivity index (χ1n) is 7.67. The summed E-state index contributed by atoms with van der Waals surface area (Å²) in [7, 11) is 0. The van der Waals surface area contributed by atoms with Crippen molar-refractivity contribution in [2.45, 2.75) is 6.42 Å². The zero-order valence-corrected chi connectivity index (χ0v) is 14.3. The lowest BCUT2D eigenvalue weighted by Gasteiger charge is -2.06. The Morgan fingerprint density at radius 3 is 3.12 bits per heavy atom. The van der Waals surface area contributed by atoms with Gasteiger partial charge in [-0.05, 0) is 34.6 Å². The van der Waals surface area contributed by atoms with Gasteiger partial charge in [-0.2, -0.15) is 0 Å². The number of carbonyl (C=O) groups excluding carboxylic acids is 1. The predicted molar refractivity (Wildman–Crippen MR) is 96.1 cm³/mol. The number of amides is 1. The molecular formula is C15H14N8O2S. The fourth-order valence-electron chi connectivity index (χ4n) is 2.05. The van der Waals surface area contributed by atoms with Crippen molar-refractivity contribution in [1.29, 1.82) is 0 Å². The molecule has 0 aromatic carbocycles. The maximum atomic E-state index is 12.1. The van der Waals surface area contributed by atoms with E-state index in [0.717, 1.165) is 4.88 Å². The Bertz CT molecular complexity index is 917. The summed E-state index contributed by atoms with van der Waals surface area (Å²) in [4.78, 5) is 23.4. The van der Waals surface area contributed by atoms with E-state index in [1.54, 1.807) is 12.1 Å². The number of azide groups is 1. The third-order valence-corrected chi connectivity index (χ3v) is 4.11. The Balaban J connectivity index is 1.42. The van der Waals surface area contributed by atoms with E-state index in [1.165, 1.54) is 17.5 Å². The van der Waals surface area contributed by atoms with Crippen molar-refractivity contribution in [3.8, 4) is 10.6 Å². The maximum absolute atomic E-state index is 12.1. The number of nitrogens with one attached hydrogen (secondary N) is 2. The molecule has 132 valence electrons. The van der Waals surface area contributed by atoms with Crippen molar-refractivity contribution < 1.29 is 9.32 Å². The van der Waals surface area contributed by atoms with Gasteiger partial charge in [-0.25, -0.2) is 9.97 Å². The molecule has 3 aromatic heterocycles. The number of thiophene rings is 1. The van der Waals surface area contributed by atoms with Crippen LogP contribution in [0, 0.1) is 0 Å². The Labute approximate surface area is 151 Å². The van der Waals surface area contributed by atoms with Gasteiger partial charge in [0.2, 0.25) is 5.95 Å². The molecule has 0 atom stereocenters. The van der Waals surface area contributed by atoms with Crippen molar-refractivity contribution in [2.75, 3.05) is 18.4 Å². The monoisotopic (exact) mass is 370 g/mol. The van der Waals surface area contributed by atoms with Crippen LogP contribution in [0.2, 0.25) is 0 Å². The number of rotatable bonds is 8. The standard InChI is InChI=1S/C15H14N8O2S/c16-23-21-15-19-7-4-13(20-15)17-5-2-6-18-14(24)10-9-11(25-22-10)12-3-1-8-26-12/h1,3-4,7-9H,2,5-6H2,(H,18,24)(H,17,19,20). The molecule has 0 fully saturated rings. The largest absolute Gasteiger partial charge is 0.370 e. The van der Waals surface area contributed by atoms with Crippen LogP contribution in [0.3, 0.4) is 0 Å². The topological polar surface area (TPSA) is 142 Å². The number of hydrogen-bond acceptors (Lipinski definition) is 8. The van der Waals surface area contributed by atoms with Gasteiger partial charge in [0.25, 0.3) is 5.91 Å². The van der Waals surface area contributed by atoms with E-state index in [0.29, 0.717) is 31.1 Å². The van der Waals surface area contributed by atoms with Crippen LogP contribution in [0.15, 0.2) is 45.5 Å². The lowest BCUT2D eigenvalue weighted by atomic mass is 10.3.